The van der Waals surface area contributed by atoms with E-state index in [9.17, 15) is 0 Å². The number of nitrogens with zero attached hydrogens (tertiary/aromatic N) is 2. The third-order valence-electron chi connectivity index (χ3n) is 5.68. The Morgan fingerprint density at radius 2 is 1.84 bits per heavy atom. The van der Waals surface area contributed by atoms with E-state index in [-0.39, 0.29) is 5.54 Å². The molecule has 19 heavy (non-hydrogen) atoms. The minimum atomic E-state index is 0.263. The molecule has 1 saturated carbocycles. The number of nitrogens with two attached hydrogens (primary N) is 1. The molecule has 0 aromatic heterocycles. The SMILES string of the molecule is CC(C)N1CCCC(CN)(N(C)C2CCCC2)CC1. The van der Waals surface area contributed by atoms with Crippen LogP contribution in [0.5, 0.6) is 0 Å². The second kappa shape index (κ2) is 6.55. The zero-order valence-corrected chi connectivity index (χ0v) is 13.2. The highest BCUT2D eigenvalue weighted by atomic mass is 15.2. The van der Waals surface area contributed by atoms with E-state index in [0.717, 1.165) is 12.6 Å². The Morgan fingerprint density at radius 3 is 2.42 bits per heavy atom. The first-order valence-electron chi connectivity index (χ1n) is 8.26. The standard InChI is InChI=1S/C16H33N3/c1-14(2)19-11-6-9-16(13-17,10-12-19)18(3)15-7-4-5-8-15/h14-15H,4-13,17H2,1-3H3. The molecule has 3 nitrogen and oxygen atoms in total. The fourth-order valence-electron chi connectivity index (χ4n) is 4.10. The molecule has 0 aromatic rings. The van der Waals surface area contributed by atoms with Crippen molar-refractivity contribution in [2.24, 2.45) is 5.73 Å². The van der Waals surface area contributed by atoms with Gasteiger partial charge in [-0.05, 0) is 59.5 Å². The second-order valence-corrected chi connectivity index (χ2v) is 6.96. The number of hydrogen-bond donors (Lipinski definition) is 1. The molecule has 2 rings (SSSR count). The molecule has 1 heterocycles. The molecular weight excluding hydrogens is 234 g/mol. The lowest BCUT2D eigenvalue weighted by Gasteiger charge is -2.44. The van der Waals surface area contributed by atoms with Gasteiger partial charge in [-0.25, -0.2) is 0 Å². The minimum Gasteiger partial charge on any atom is -0.329 e. The molecule has 2 aliphatic rings. The van der Waals surface area contributed by atoms with Gasteiger partial charge in [-0.3, -0.25) is 4.90 Å². The fourth-order valence-corrected chi connectivity index (χ4v) is 4.10. The van der Waals surface area contributed by atoms with Crippen molar-refractivity contribution in [3.05, 3.63) is 0 Å². The van der Waals surface area contributed by atoms with E-state index in [4.69, 9.17) is 5.73 Å². The highest BCUT2D eigenvalue weighted by Gasteiger charge is 2.39. The van der Waals surface area contributed by atoms with Crippen LogP contribution in [-0.2, 0) is 0 Å². The summed E-state index contributed by atoms with van der Waals surface area (Å²) in [5, 5.41) is 0. The minimum absolute atomic E-state index is 0.263. The van der Waals surface area contributed by atoms with Gasteiger partial charge in [0.2, 0.25) is 0 Å². The summed E-state index contributed by atoms with van der Waals surface area (Å²) in [7, 11) is 2.34. The second-order valence-electron chi connectivity index (χ2n) is 6.96. The van der Waals surface area contributed by atoms with Crippen LogP contribution in [0.4, 0.5) is 0 Å². The fraction of sp³-hybridized carbons (Fsp3) is 1.00. The number of likely N-dealkylation sites (N-methyl/N-ethyl adjacent to an activating group) is 1. The summed E-state index contributed by atoms with van der Waals surface area (Å²) < 4.78 is 0. The maximum absolute atomic E-state index is 6.24. The summed E-state index contributed by atoms with van der Waals surface area (Å²) in [5.41, 5.74) is 6.50. The van der Waals surface area contributed by atoms with Gasteiger partial charge in [0.05, 0.1) is 0 Å². The molecule has 1 saturated heterocycles. The van der Waals surface area contributed by atoms with Crippen LogP contribution in [0.1, 0.15) is 58.8 Å². The van der Waals surface area contributed by atoms with Crippen LogP contribution in [-0.4, -0.2) is 54.1 Å². The van der Waals surface area contributed by atoms with Crippen LogP contribution >= 0.6 is 0 Å². The Balaban J connectivity index is 2.04. The van der Waals surface area contributed by atoms with Crippen molar-refractivity contribution in [3.8, 4) is 0 Å². The molecule has 1 atom stereocenters. The van der Waals surface area contributed by atoms with Gasteiger partial charge in [-0.1, -0.05) is 12.8 Å². The predicted octanol–water partition coefficient (Wildman–Crippen LogP) is 2.45. The van der Waals surface area contributed by atoms with Crippen LogP contribution < -0.4 is 5.73 Å². The zero-order valence-electron chi connectivity index (χ0n) is 13.2. The topological polar surface area (TPSA) is 32.5 Å². The van der Waals surface area contributed by atoms with Crippen LogP contribution in [0.25, 0.3) is 0 Å². The van der Waals surface area contributed by atoms with Gasteiger partial charge in [-0.15, -0.1) is 0 Å². The lowest BCUT2D eigenvalue weighted by molar-refractivity contribution is 0.0636. The average molecular weight is 267 g/mol. The van der Waals surface area contributed by atoms with Crippen LogP contribution in [0, 0.1) is 0 Å². The van der Waals surface area contributed by atoms with E-state index in [1.54, 1.807) is 0 Å². The number of hydrogen-bond acceptors (Lipinski definition) is 3. The predicted molar refractivity (Wildman–Crippen MR) is 82.4 cm³/mol. The van der Waals surface area contributed by atoms with Crippen LogP contribution in [0.15, 0.2) is 0 Å². The maximum atomic E-state index is 6.24. The largest absolute Gasteiger partial charge is 0.329 e. The van der Waals surface area contributed by atoms with Crippen molar-refractivity contribution in [3.63, 3.8) is 0 Å². The monoisotopic (exact) mass is 267 g/mol. The first-order valence-corrected chi connectivity index (χ1v) is 8.26. The van der Waals surface area contributed by atoms with Gasteiger partial charge >= 0.3 is 0 Å². The lowest BCUT2D eigenvalue weighted by atomic mass is 9.87. The van der Waals surface area contributed by atoms with Gasteiger partial charge in [0, 0.05) is 30.7 Å². The third-order valence-corrected chi connectivity index (χ3v) is 5.68. The molecule has 112 valence electrons. The van der Waals surface area contributed by atoms with Gasteiger partial charge in [0.1, 0.15) is 0 Å². The number of likely N-dealkylation sites (tertiary alicyclic amines) is 1. The van der Waals surface area contributed by atoms with Gasteiger partial charge in [0.15, 0.2) is 0 Å². The molecule has 0 bridgehead atoms. The molecule has 2 N–H and O–H groups in total. The van der Waals surface area contributed by atoms with Crippen molar-refractivity contribution in [1.29, 1.82) is 0 Å². The summed E-state index contributed by atoms with van der Waals surface area (Å²) >= 11 is 0. The normalized spacial score (nSPS) is 31.3. The Labute approximate surface area is 119 Å². The maximum Gasteiger partial charge on any atom is 0.0344 e. The Morgan fingerprint density at radius 1 is 1.16 bits per heavy atom. The Hall–Kier alpha value is -0.120. The molecule has 3 heteroatoms. The molecule has 0 amide bonds. The quantitative estimate of drug-likeness (QED) is 0.849. The molecule has 0 spiro atoms. The molecule has 1 aliphatic heterocycles. The molecule has 0 radical (unpaired) electrons. The van der Waals surface area contributed by atoms with Crippen LogP contribution in [0.2, 0.25) is 0 Å². The van der Waals surface area contributed by atoms with E-state index >= 15 is 0 Å². The van der Waals surface area contributed by atoms with Gasteiger partial charge in [-0.2, -0.15) is 0 Å². The van der Waals surface area contributed by atoms with Gasteiger partial charge in [0.25, 0.3) is 0 Å². The van der Waals surface area contributed by atoms with E-state index in [1.165, 1.54) is 58.0 Å². The van der Waals surface area contributed by atoms with Crippen LogP contribution in [0.3, 0.4) is 0 Å². The summed E-state index contributed by atoms with van der Waals surface area (Å²) in [6.07, 6.45) is 9.40. The van der Waals surface area contributed by atoms with Crippen molar-refractivity contribution in [2.75, 3.05) is 26.7 Å². The summed E-state index contributed by atoms with van der Waals surface area (Å²) in [4.78, 5) is 5.30. The first-order chi connectivity index (χ1) is 9.09. The van der Waals surface area contributed by atoms with Gasteiger partial charge < -0.3 is 10.6 Å². The highest BCUT2D eigenvalue weighted by Crippen LogP contribution is 2.34. The Kier molecular flexibility index (Phi) is 5.27. The van der Waals surface area contributed by atoms with E-state index in [1.807, 2.05) is 0 Å². The molecule has 1 aliphatic carbocycles. The highest BCUT2D eigenvalue weighted by molar-refractivity contribution is 4.97. The van der Waals surface area contributed by atoms with E-state index in [0.29, 0.717) is 6.04 Å². The van der Waals surface area contributed by atoms with Crippen molar-refractivity contribution >= 4 is 0 Å². The summed E-state index contributed by atoms with van der Waals surface area (Å²) in [6.45, 7) is 7.92. The molecule has 0 aromatic carbocycles. The summed E-state index contributed by atoms with van der Waals surface area (Å²) in [5.74, 6) is 0. The van der Waals surface area contributed by atoms with Crippen molar-refractivity contribution in [2.45, 2.75) is 76.4 Å². The molecule has 2 fully saturated rings. The third kappa shape index (κ3) is 3.32. The smallest absolute Gasteiger partial charge is 0.0344 e. The lowest BCUT2D eigenvalue weighted by Crippen LogP contribution is -2.55. The average Bonchev–Trinajstić information content (AvgIpc) is 2.83. The van der Waals surface area contributed by atoms with E-state index in [2.05, 4.69) is 30.7 Å². The van der Waals surface area contributed by atoms with E-state index < -0.39 is 0 Å². The first kappa shape index (κ1) is 15.3. The van der Waals surface area contributed by atoms with Crippen molar-refractivity contribution in [1.82, 2.24) is 9.80 Å². The van der Waals surface area contributed by atoms with Crippen molar-refractivity contribution < 1.29 is 0 Å². The molecular formula is C16H33N3. The zero-order chi connectivity index (χ0) is 13.9. The molecule has 1 unspecified atom stereocenters. The number of rotatable bonds is 4. The Bertz CT molecular complexity index is 273. The summed E-state index contributed by atoms with van der Waals surface area (Å²) in [6, 6.07) is 1.46.